The molecule has 3 unspecified atom stereocenters. The number of benzene rings is 1. The van der Waals surface area contributed by atoms with Gasteiger partial charge in [0.25, 0.3) is 5.91 Å². The summed E-state index contributed by atoms with van der Waals surface area (Å²) in [6, 6.07) is 6.70. The minimum atomic E-state index is -0.593. The maximum Gasteiger partial charge on any atom is 0.253 e. The molecule has 2 aliphatic rings. The molecule has 0 saturated heterocycles. The average molecular weight is 392 g/mol. The summed E-state index contributed by atoms with van der Waals surface area (Å²) in [5.74, 6) is 0.442. The molecule has 6 heteroatoms. The lowest BCUT2D eigenvalue weighted by molar-refractivity contribution is -0.126. The Morgan fingerprint density at radius 1 is 1.15 bits per heavy atom. The van der Waals surface area contributed by atoms with Crippen molar-refractivity contribution in [3.8, 4) is 0 Å². The Bertz CT molecular complexity index is 680. The second-order valence-electron chi connectivity index (χ2n) is 8.39. The van der Waals surface area contributed by atoms with Crippen molar-refractivity contribution in [2.45, 2.75) is 64.1 Å². The number of nitrogens with two attached hydrogens (primary N) is 1. The highest BCUT2D eigenvalue weighted by molar-refractivity contribution is 6.33. The van der Waals surface area contributed by atoms with Crippen LogP contribution in [0.4, 0.5) is 0 Å². The standard InChI is InChI=1S/C21H30ClN3O2/c1-12(2)18(24-20(26)16-8-3-4-9-17(16)22)21(27)25-19-13-6-5-7-14(19)11-15(23)10-13/h3-4,8-9,12-15,18-19H,5-7,10-11,23H2,1-2H3,(H,24,26)(H,25,27). The minimum absolute atomic E-state index is 0.0258. The predicted molar refractivity (Wildman–Crippen MR) is 108 cm³/mol. The highest BCUT2D eigenvalue weighted by atomic mass is 35.5. The second kappa shape index (κ2) is 8.61. The molecule has 2 saturated carbocycles. The van der Waals surface area contributed by atoms with Gasteiger partial charge < -0.3 is 16.4 Å². The van der Waals surface area contributed by atoms with Crippen molar-refractivity contribution in [1.82, 2.24) is 10.6 Å². The number of carbonyl (C=O) groups is 2. The number of amides is 2. The van der Waals surface area contributed by atoms with Crippen molar-refractivity contribution in [3.63, 3.8) is 0 Å². The molecule has 1 aromatic carbocycles. The summed E-state index contributed by atoms with van der Waals surface area (Å²) in [6.07, 6.45) is 5.39. The largest absolute Gasteiger partial charge is 0.351 e. The fourth-order valence-electron chi connectivity index (χ4n) is 4.68. The summed E-state index contributed by atoms with van der Waals surface area (Å²) >= 11 is 6.12. The van der Waals surface area contributed by atoms with Gasteiger partial charge in [0.05, 0.1) is 10.6 Å². The van der Waals surface area contributed by atoms with E-state index < -0.39 is 6.04 Å². The van der Waals surface area contributed by atoms with Crippen LogP contribution in [-0.4, -0.2) is 29.9 Å². The van der Waals surface area contributed by atoms with Crippen LogP contribution in [0.15, 0.2) is 24.3 Å². The lowest BCUT2D eigenvalue weighted by Crippen LogP contribution is -2.58. The molecule has 3 atom stereocenters. The molecular weight excluding hydrogens is 362 g/mol. The highest BCUT2D eigenvalue weighted by Crippen LogP contribution is 2.39. The number of hydrogen-bond donors (Lipinski definition) is 3. The normalized spacial score (nSPS) is 28.5. The maximum atomic E-state index is 13.0. The van der Waals surface area contributed by atoms with Crippen LogP contribution in [0, 0.1) is 17.8 Å². The monoisotopic (exact) mass is 391 g/mol. The van der Waals surface area contributed by atoms with Gasteiger partial charge in [0.15, 0.2) is 0 Å². The summed E-state index contributed by atoms with van der Waals surface area (Å²) in [5.41, 5.74) is 6.58. The maximum absolute atomic E-state index is 13.0. The topological polar surface area (TPSA) is 84.2 Å². The van der Waals surface area contributed by atoms with Crippen LogP contribution < -0.4 is 16.4 Å². The van der Waals surface area contributed by atoms with E-state index in [0.717, 1.165) is 25.7 Å². The molecule has 5 nitrogen and oxygen atoms in total. The van der Waals surface area contributed by atoms with Crippen molar-refractivity contribution < 1.29 is 9.59 Å². The predicted octanol–water partition coefficient (Wildman–Crippen LogP) is 3.12. The summed E-state index contributed by atoms with van der Waals surface area (Å²) in [4.78, 5) is 25.7. The Balaban J connectivity index is 1.69. The molecule has 0 heterocycles. The van der Waals surface area contributed by atoms with Gasteiger partial charge in [-0.05, 0) is 55.6 Å². The van der Waals surface area contributed by atoms with Crippen LogP contribution in [0.25, 0.3) is 0 Å². The van der Waals surface area contributed by atoms with E-state index >= 15 is 0 Å². The number of fused-ring (bicyclic) bond motifs is 2. The van der Waals surface area contributed by atoms with E-state index in [-0.39, 0.29) is 29.8 Å². The van der Waals surface area contributed by atoms with Gasteiger partial charge in [-0.25, -0.2) is 0 Å². The van der Waals surface area contributed by atoms with E-state index in [4.69, 9.17) is 17.3 Å². The molecule has 0 aromatic heterocycles. The zero-order valence-electron chi connectivity index (χ0n) is 16.1. The lowest BCUT2D eigenvalue weighted by Gasteiger charge is -2.45. The number of nitrogens with one attached hydrogen (secondary N) is 2. The van der Waals surface area contributed by atoms with Gasteiger partial charge in [0.1, 0.15) is 6.04 Å². The van der Waals surface area contributed by atoms with E-state index in [2.05, 4.69) is 10.6 Å². The Morgan fingerprint density at radius 3 is 2.37 bits per heavy atom. The third-order valence-electron chi connectivity index (χ3n) is 6.04. The fourth-order valence-corrected chi connectivity index (χ4v) is 4.90. The summed E-state index contributed by atoms with van der Waals surface area (Å²) in [5, 5.41) is 6.51. The highest BCUT2D eigenvalue weighted by Gasteiger charge is 2.41. The van der Waals surface area contributed by atoms with Crippen molar-refractivity contribution in [2.24, 2.45) is 23.5 Å². The molecule has 0 radical (unpaired) electrons. The number of halogens is 1. The minimum Gasteiger partial charge on any atom is -0.351 e. The summed E-state index contributed by atoms with van der Waals surface area (Å²) < 4.78 is 0. The molecule has 2 amide bonds. The first kappa shape index (κ1) is 20.2. The number of rotatable bonds is 5. The Kier molecular flexibility index (Phi) is 6.43. The molecule has 4 N–H and O–H groups in total. The van der Waals surface area contributed by atoms with Gasteiger partial charge in [-0.2, -0.15) is 0 Å². The molecule has 2 aliphatic carbocycles. The van der Waals surface area contributed by atoms with Crippen molar-refractivity contribution in [1.29, 1.82) is 0 Å². The zero-order chi connectivity index (χ0) is 19.6. The van der Waals surface area contributed by atoms with Gasteiger partial charge in [-0.3, -0.25) is 9.59 Å². The van der Waals surface area contributed by atoms with Gasteiger partial charge in [-0.15, -0.1) is 0 Å². The number of carbonyl (C=O) groups excluding carboxylic acids is 2. The fraction of sp³-hybridized carbons (Fsp3) is 0.619. The lowest BCUT2D eigenvalue weighted by atomic mass is 9.67. The van der Waals surface area contributed by atoms with Gasteiger partial charge in [0.2, 0.25) is 5.91 Å². The molecule has 0 aliphatic heterocycles. The third-order valence-corrected chi connectivity index (χ3v) is 6.37. The first-order valence-electron chi connectivity index (χ1n) is 9.98. The molecule has 27 heavy (non-hydrogen) atoms. The first-order chi connectivity index (χ1) is 12.9. The van der Waals surface area contributed by atoms with Crippen molar-refractivity contribution >= 4 is 23.4 Å². The molecule has 0 spiro atoms. The summed E-state index contributed by atoms with van der Waals surface area (Å²) in [6.45, 7) is 3.88. The van der Waals surface area contributed by atoms with Crippen LogP contribution in [-0.2, 0) is 4.79 Å². The van der Waals surface area contributed by atoms with Crippen molar-refractivity contribution in [2.75, 3.05) is 0 Å². The third kappa shape index (κ3) is 4.64. The van der Waals surface area contributed by atoms with Gasteiger partial charge in [-0.1, -0.05) is 44.0 Å². The van der Waals surface area contributed by atoms with E-state index in [1.807, 2.05) is 13.8 Å². The van der Waals surface area contributed by atoms with E-state index in [0.29, 0.717) is 22.4 Å². The first-order valence-corrected chi connectivity index (χ1v) is 10.4. The molecule has 1 aromatic rings. The Labute approximate surface area is 166 Å². The number of hydrogen-bond acceptors (Lipinski definition) is 3. The average Bonchev–Trinajstić information content (AvgIpc) is 2.60. The van der Waals surface area contributed by atoms with E-state index in [1.54, 1.807) is 24.3 Å². The van der Waals surface area contributed by atoms with Gasteiger partial charge in [0, 0.05) is 12.1 Å². The van der Waals surface area contributed by atoms with Crippen LogP contribution in [0.3, 0.4) is 0 Å². The molecule has 3 rings (SSSR count). The quantitative estimate of drug-likeness (QED) is 0.720. The van der Waals surface area contributed by atoms with Crippen LogP contribution in [0.1, 0.15) is 56.3 Å². The van der Waals surface area contributed by atoms with Crippen LogP contribution >= 0.6 is 11.6 Å². The van der Waals surface area contributed by atoms with Gasteiger partial charge >= 0.3 is 0 Å². The molecule has 148 valence electrons. The molecular formula is C21H30ClN3O2. The smallest absolute Gasteiger partial charge is 0.253 e. The van der Waals surface area contributed by atoms with Crippen LogP contribution in [0.2, 0.25) is 5.02 Å². The SMILES string of the molecule is CC(C)C(NC(=O)c1ccccc1Cl)C(=O)NC1C2CCCC1CC(N)C2. The van der Waals surface area contributed by atoms with Crippen LogP contribution in [0.5, 0.6) is 0 Å². The second-order valence-corrected chi connectivity index (χ2v) is 8.80. The Morgan fingerprint density at radius 2 is 1.78 bits per heavy atom. The van der Waals surface area contributed by atoms with Crippen molar-refractivity contribution in [3.05, 3.63) is 34.9 Å². The van der Waals surface area contributed by atoms with E-state index in [9.17, 15) is 9.59 Å². The molecule has 2 fully saturated rings. The van der Waals surface area contributed by atoms with E-state index in [1.165, 1.54) is 6.42 Å². The molecule has 2 bridgehead atoms. The zero-order valence-corrected chi connectivity index (χ0v) is 16.8. The summed E-state index contributed by atoms with van der Waals surface area (Å²) in [7, 11) is 0. The Hall–Kier alpha value is -1.59.